The lowest BCUT2D eigenvalue weighted by Crippen LogP contribution is -2.23. The molecule has 5 nitrogen and oxygen atoms in total. The van der Waals surface area contributed by atoms with E-state index in [1.54, 1.807) is 26.2 Å². The first-order valence-electron chi connectivity index (χ1n) is 5.82. The number of hydrogen-bond acceptors (Lipinski definition) is 5. The zero-order valence-electron chi connectivity index (χ0n) is 11.0. The van der Waals surface area contributed by atoms with Gasteiger partial charge in [-0.05, 0) is 26.8 Å². The summed E-state index contributed by atoms with van der Waals surface area (Å²) < 4.78 is 29.2. The van der Waals surface area contributed by atoms with Crippen LogP contribution >= 0.6 is 0 Å². The highest BCUT2D eigenvalue weighted by atomic mass is 32.2. The molecule has 0 fully saturated rings. The van der Waals surface area contributed by atoms with Crippen LogP contribution in [0.5, 0.6) is 5.75 Å². The average molecular weight is 272 g/mol. The summed E-state index contributed by atoms with van der Waals surface area (Å²) >= 11 is 0. The van der Waals surface area contributed by atoms with Crippen LogP contribution < -0.4 is 10.5 Å². The van der Waals surface area contributed by atoms with E-state index in [0.717, 1.165) is 5.69 Å². The monoisotopic (exact) mass is 272 g/mol. The van der Waals surface area contributed by atoms with Crippen LogP contribution in [0, 0.1) is 6.92 Å². The van der Waals surface area contributed by atoms with Crippen molar-refractivity contribution in [3.8, 4) is 5.75 Å². The van der Waals surface area contributed by atoms with Gasteiger partial charge in [-0.25, -0.2) is 8.42 Å². The highest BCUT2D eigenvalue weighted by Crippen LogP contribution is 2.17. The predicted molar refractivity (Wildman–Crippen MR) is 71.3 cm³/mol. The van der Waals surface area contributed by atoms with Gasteiger partial charge in [0, 0.05) is 17.8 Å². The Balaban J connectivity index is 2.93. The Morgan fingerprint density at radius 2 is 2.11 bits per heavy atom. The first-order valence-corrected chi connectivity index (χ1v) is 7.53. The molecule has 1 unspecified atom stereocenters. The third kappa shape index (κ3) is 3.96. The number of nitrogens with zero attached hydrogens (tertiary/aromatic N) is 1. The number of aryl methyl sites for hydroxylation is 1. The molecule has 0 radical (unpaired) electrons. The number of nitrogens with two attached hydrogens (primary N) is 1. The molecule has 0 bridgehead atoms. The fourth-order valence-electron chi connectivity index (χ4n) is 1.66. The van der Waals surface area contributed by atoms with Gasteiger partial charge in [0.05, 0.1) is 23.8 Å². The van der Waals surface area contributed by atoms with Crippen molar-refractivity contribution in [1.29, 1.82) is 0 Å². The van der Waals surface area contributed by atoms with E-state index >= 15 is 0 Å². The normalized spacial score (nSPS) is 13.3. The first-order chi connectivity index (χ1) is 8.39. The number of rotatable bonds is 6. The van der Waals surface area contributed by atoms with Crippen molar-refractivity contribution in [2.45, 2.75) is 31.3 Å². The summed E-state index contributed by atoms with van der Waals surface area (Å²) in [5.74, 6) is 0.547. The van der Waals surface area contributed by atoms with E-state index in [2.05, 4.69) is 4.98 Å². The lowest BCUT2D eigenvalue weighted by atomic mass is 10.3. The molecule has 18 heavy (non-hydrogen) atoms. The molecule has 0 aliphatic rings. The van der Waals surface area contributed by atoms with E-state index in [4.69, 9.17) is 10.5 Å². The van der Waals surface area contributed by atoms with Crippen molar-refractivity contribution >= 4 is 9.84 Å². The van der Waals surface area contributed by atoms with Crippen LogP contribution in [0.2, 0.25) is 0 Å². The summed E-state index contributed by atoms with van der Waals surface area (Å²) in [5, 5.41) is -0.448. The highest BCUT2D eigenvalue weighted by Gasteiger charge is 2.21. The molecule has 1 atom stereocenters. The third-order valence-corrected chi connectivity index (χ3v) is 4.91. The topological polar surface area (TPSA) is 82.3 Å². The second kappa shape index (κ2) is 6.15. The van der Waals surface area contributed by atoms with Crippen LogP contribution in [-0.4, -0.2) is 32.3 Å². The van der Waals surface area contributed by atoms with Gasteiger partial charge in [0.25, 0.3) is 0 Å². The molecule has 0 amide bonds. The van der Waals surface area contributed by atoms with E-state index in [1.165, 1.54) is 0 Å². The maximum Gasteiger partial charge on any atom is 0.158 e. The van der Waals surface area contributed by atoms with Crippen LogP contribution in [0.3, 0.4) is 0 Å². The number of ether oxygens (including phenoxy) is 1. The molecule has 0 saturated heterocycles. The molecule has 1 rings (SSSR count). The smallest absolute Gasteiger partial charge is 0.158 e. The number of methoxy groups -OCH3 is 1. The molecule has 0 aliphatic heterocycles. The van der Waals surface area contributed by atoms with Crippen molar-refractivity contribution in [2.24, 2.45) is 5.73 Å². The van der Waals surface area contributed by atoms with Gasteiger partial charge >= 0.3 is 0 Å². The second-order valence-corrected chi connectivity index (χ2v) is 6.75. The lowest BCUT2D eigenvalue weighted by Gasteiger charge is -2.12. The van der Waals surface area contributed by atoms with Gasteiger partial charge in [-0.3, -0.25) is 4.98 Å². The Kier molecular flexibility index (Phi) is 5.10. The van der Waals surface area contributed by atoms with Gasteiger partial charge < -0.3 is 10.5 Å². The summed E-state index contributed by atoms with van der Waals surface area (Å²) in [6.45, 7) is 3.85. The molecular weight excluding hydrogens is 252 g/mol. The highest BCUT2D eigenvalue weighted by molar-refractivity contribution is 7.91. The molecule has 1 aromatic rings. The standard InChI is InChI=1S/C12H20N2O3S/c1-9-6-12(17-3)7-11(14-9)8-18(15,16)10(2)4-5-13/h6-7,10H,4-5,8,13H2,1-3H3. The fourth-order valence-corrected chi connectivity index (χ4v) is 3.00. The minimum absolute atomic E-state index is 0.0772. The van der Waals surface area contributed by atoms with Gasteiger partial charge in [0.1, 0.15) is 5.75 Å². The molecule has 0 saturated carbocycles. The van der Waals surface area contributed by atoms with Gasteiger partial charge in [-0.2, -0.15) is 0 Å². The Bertz CT molecular complexity index is 500. The minimum Gasteiger partial charge on any atom is -0.497 e. The molecule has 1 heterocycles. The number of aromatic nitrogens is 1. The van der Waals surface area contributed by atoms with E-state index in [0.29, 0.717) is 24.4 Å². The fraction of sp³-hybridized carbons (Fsp3) is 0.583. The quantitative estimate of drug-likeness (QED) is 0.837. The Labute approximate surface area is 108 Å². The summed E-state index contributed by atoms with van der Waals surface area (Å²) in [5.41, 5.74) is 6.64. The third-order valence-electron chi connectivity index (χ3n) is 2.75. The number of hydrogen-bond donors (Lipinski definition) is 1. The van der Waals surface area contributed by atoms with Crippen molar-refractivity contribution in [1.82, 2.24) is 4.98 Å². The molecular formula is C12H20N2O3S. The van der Waals surface area contributed by atoms with Crippen molar-refractivity contribution in [3.63, 3.8) is 0 Å². The van der Waals surface area contributed by atoms with E-state index in [9.17, 15) is 8.42 Å². The lowest BCUT2D eigenvalue weighted by molar-refractivity contribution is 0.413. The van der Waals surface area contributed by atoms with Gasteiger partial charge in [0.15, 0.2) is 9.84 Å². The Hall–Kier alpha value is -1.14. The van der Waals surface area contributed by atoms with Crippen LogP contribution in [0.15, 0.2) is 12.1 Å². The second-order valence-electron chi connectivity index (χ2n) is 4.33. The number of pyridine rings is 1. The van der Waals surface area contributed by atoms with Gasteiger partial charge in [-0.1, -0.05) is 0 Å². The first kappa shape index (κ1) is 14.9. The molecule has 0 aliphatic carbocycles. The number of sulfone groups is 1. The van der Waals surface area contributed by atoms with E-state index in [-0.39, 0.29) is 5.75 Å². The van der Waals surface area contributed by atoms with E-state index in [1.807, 2.05) is 6.92 Å². The summed E-state index contributed by atoms with van der Waals surface area (Å²) in [7, 11) is -1.67. The average Bonchev–Trinajstić information content (AvgIpc) is 2.27. The summed E-state index contributed by atoms with van der Waals surface area (Å²) in [6.07, 6.45) is 0.464. The van der Waals surface area contributed by atoms with Crippen LogP contribution in [0.25, 0.3) is 0 Å². The van der Waals surface area contributed by atoms with Gasteiger partial charge in [-0.15, -0.1) is 0 Å². The Morgan fingerprint density at radius 3 is 2.67 bits per heavy atom. The molecule has 0 spiro atoms. The van der Waals surface area contributed by atoms with Crippen LogP contribution in [0.4, 0.5) is 0 Å². The molecule has 102 valence electrons. The zero-order valence-corrected chi connectivity index (χ0v) is 11.8. The van der Waals surface area contributed by atoms with Crippen molar-refractivity contribution < 1.29 is 13.2 Å². The molecule has 2 N–H and O–H groups in total. The molecule has 1 aromatic heterocycles. The van der Waals surface area contributed by atoms with E-state index < -0.39 is 15.1 Å². The molecule has 0 aromatic carbocycles. The maximum atomic E-state index is 12.1. The van der Waals surface area contributed by atoms with Crippen LogP contribution in [-0.2, 0) is 15.6 Å². The predicted octanol–water partition coefficient (Wildman–Crippen LogP) is 1.05. The Morgan fingerprint density at radius 1 is 1.44 bits per heavy atom. The maximum absolute atomic E-state index is 12.1. The van der Waals surface area contributed by atoms with Gasteiger partial charge in [0.2, 0.25) is 0 Å². The van der Waals surface area contributed by atoms with Crippen LogP contribution in [0.1, 0.15) is 24.7 Å². The minimum atomic E-state index is -3.22. The molecule has 6 heteroatoms. The zero-order chi connectivity index (χ0) is 13.8. The summed E-state index contributed by atoms with van der Waals surface area (Å²) in [4.78, 5) is 4.22. The SMILES string of the molecule is COc1cc(C)nc(CS(=O)(=O)C(C)CCN)c1. The van der Waals surface area contributed by atoms with Crippen molar-refractivity contribution in [3.05, 3.63) is 23.5 Å². The largest absolute Gasteiger partial charge is 0.497 e. The van der Waals surface area contributed by atoms with Crippen molar-refractivity contribution in [2.75, 3.05) is 13.7 Å². The summed E-state index contributed by atoms with van der Waals surface area (Å²) in [6, 6.07) is 3.42.